The van der Waals surface area contributed by atoms with Crippen molar-refractivity contribution in [1.82, 2.24) is 9.97 Å². The van der Waals surface area contributed by atoms with Crippen molar-refractivity contribution in [2.24, 2.45) is 5.41 Å². The van der Waals surface area contributed by atoms with Crippen molar-refractivity contribution < 1.29 is 9.53 Å². The quantitative estimate of drug-likeness (QED) is 0.807. The topological polar surface area (TPSA) is 52.1 Å². The van der Waals surface area contributed by atoms with Crippen LogP contribution in [-0.4, -0.2) is 23.0 Å². The molecule has 0 aliphatic carbocycles. The first-order valence-corrected chi connectivity index (χ1v) is 6.98. The van der Waals surface area contributed by atoms with Crippen molar-refractivity contribution in [3.05, 3.63) is 41.9 Å². The van der Waals surface area contributed by atoms with Crippen LogP contribution in [0.3, 0.4) is 0 Å². The molecule has 2 aromatic rings. The van der Waals surface area contributed by atoms with E-state index in [4.69, 9.17) is 4.74 Å². The maximum Gasteiger partial charge on any atom is 0.315 e. The third-order valence-electron chi connectivity index (χ3n) is 3.44. The first-order chi connectivity index (χ1) is 9.96. The molecular weight excluding hydrogens is 264 g/mol. The Kier molecular flexibility index (Phi) is 4.36. The molecular formula is C17H20N2O2. The Balaban J connectivity index is 2.32. The number of fused-ring (bicyclic) bond motifs is 1. The molecule has 110 valence electrons. The standard InChI is InChI=1S/C17H20N2O2/c1-5-12-8-13-9-14(18-11-15(13)19-10-12)6-7-17(2,3)16(20)21-4/h6-11H,5H2,1-4H3/b7-6+. The van der Waals surface area contributed by atoms with Gasteiger partial charge < -0.3 is 4.74 Å². The summed E-state index contributed by atoms with van der Waals surface area (Å²) in [5.74, 6) is -0.269. The molecule has 0 aromatic carbocycles. The lowest BCUT2D eigenvalue weighted by atomic mass is 9.93. The minimum Gasteiger partial charge on any atom is -0.468 e. The molecule has 0 unspecified atom stereocenters. The van der Waals surface area contributed by atoms with Crippen LogP contribution >= 0.6 is 0 Å². The summed E-state index contributed by atoms with van der Waals surface area (Å²) in [5, 5.41) is 1.06. The van der Waals surface area contributed by atoms with E-state index in [0.717, 1.165) is 23.0 Å². The summed E-state index contributed by atoms with van der Waals surface area (Å²) in [5.41, 5.74) is 2.19. The van der Waals surface area contributed by atoms with Crippen molar-refractivity contribution in [1.29, 1.82) is 0 Å². The van der Waals surface area contributed by atoms with E-state index in [1.165, 1.54) is 12.7 Å². The van der Waals surface area contributed by atoms with E-state index in [9.17, 15) is 4.79 Å². The zero-order chi connectivity index (χ0) is 15.5. The molecule has 0 aliphatic heterocycles. The van der Waals surface area contributed by atoms with Gasteiger partial charge >= 0.3 is 5.97 Å². The van der Waals surface area contributed by atoms with E-state index in [1.54, 1.807) is 6.20 Å². The van der Waals surface area contributed by atoms with E-state index in [-0.39, 0.29) is 5.97 Å². The predicted octanol–water partition coefficient (Wildman–Crippen LogP) is 3.40. The molecule has 2 heterocycles. The number of ether oxygens (including phenoxy) is 1. The molecule has 4 heteroatoms. The van der Waals surface area contributed by atoms with E-state index < -0.39 is 5.41 Å². The normalized spacial score (nSPS) is 12.0. The van der Waals surface area contributed by atoms with E-state index in [0.29, 0.717) is 0 Å². The highest BCUT2D eigenvalue weighted by Crippen LogP contribution is 2.21. The minimum atomic E-state index is -0.672. The summed E-state index contributed by atoms with van der Waals surface area (Å²) in [4.78, 5) is 20.4. The predicted molar refractivity (Wildman–Crippen MR) is 83.7 cm³/mol. The molecule has 0 saturated carbocycles. The summed E-state index contributed by atoms with van der Waals surface area (Å²) < 4.78 is 4.78. The summed E-state index contributed by atoms with van der Waals surface area (Å²) in [7, 11) is 1.39. The Morgan fingerprint density at radius 2 is 2.05 bits per heavy atom. The summed E-state index contributed by atoms with van der Waals surface area (Å²) in [6, 6.07) is 4.10. The number of pyridine rings is 2. The van der Waals surface area contributed by atoms with Crippen molar-refractivity contribution in [3.8, 4) is 0 Å². The van der Waals surface area contributed by atoms with Crippen molar-refractivity contribution >= 4 is 22.9 Å². The van der Waals surface area contributed by atoms with Crippen molar-refractivity contribution in [2.45, 2.75) is 27.2 Å². The maximum atomic E-state index is 11.6. The second kappa shape index (κ2) is 6.04. The molecule has 0 radical (unpaired) electrons. The summed E-state index contributed by atoms with van der Waals surface area (Å²) >= 11 is 0. The van der Waals surface area contributed by atoms with Gasteiger partial charge in [0.15, 0.2) is 0 Å². The number of carbonyl (C=O) groups is 1. The van der Waals surface area contributed by atoms with Gasteiger partial charge in [0, 0.05) is 11.6 Å². The van der Waals surface area contributed by atoms with Crippen LogP contribution in [0.15, 0.2) is 30.6 Å². The number of hydrogen-bond donors (Lipinski definition) is 0. The second-order valence-electron chi connectivity index (χ2n) is 5.55. The smallest absolute Gasteiger partial charge is 0.315 e. The van der Waals surface area contributed by atoms with Gasteiger partial charge in [0.2, 0.25) is 0 Å². The molecule has 21 heavy (non-hydrogen) atoms. The van der Waals surface area contributed by atoms with Gasteiger partial charge in [-0.25, -0.2) is 0 Å². The average molecular weight is 284 g/mol. The van der Waals surface area contributed by atoms with Crippen LogP contribution in [-0.2, 0) is 16.0 Å². The molecule has 0 aliphatic rings. The molecule has 0 amide bonds. The third kappa shape index (κ3) is 3.45. The average Bonchev–Trinajstić information content (AvgIpc) is 2.51. The van der Waals surface area contributed by atoms with Gasteiger partial charge in [0.1, 0.15) is 0 Å². The number of rotatable bonds is 4. The fourth-order valence-corrected chi connectivity index (χ4v) is 2.00. The number of esters is 1. The number of hydrogen-bond acceptors (Lipinski definition) is 4. The van der Waals surface area contributed by atoms with Crippen LogP contribution in [0, 0.1) is 5.41 Å². The number of nitrogens with zero attached hydrogens (tertiary/aromatic N) is 2. The zero-order valence-electron chi connectivity index (χ0n) is 12.9. The van der Waals surface area contributed by atoms with Crippen LogP contribution in [0.1, 0.15) is 32.0 Å². The van der Waals surface area contributed by atoms with Crippen LogP contribution in [0.4, 0.5) is 0 Å². The summed E-state index contributed by atoms with van der Waals surface area (Å²) in [6.07, 6.45) is 8.23. The van der Waals surface area contributed by atoms with Crippen LogP contribution in [0.5, 0.6) is 0 Å². The lowest BCUT2D eigenvalue weighted by Crippen LogP contribution is -2.22. The number of methoxy groups -OCH3 is 1. The van der Waals surface area contributed by atoms with Crippen molar-refractivity contribution in [3.63, 3.8) is 0 Å². The Morgan fingerprint density at radius 3 is 2.71 bits per heavy atom. The fraction of sp³-hybridized carbons (Fsp3) is 0.353. The first-order valence-electron chi connectivity index (χ1n) is 6.98. The van der Waals surface area contributed by atoms with Gasteiger partial charge in [-0.05, 0) is 44.0 Å². The van der Waals surface area contributed by atoms with Gasteiger partial charge in [0.25, 0.3) is 0 Å². The second-order valence-corrected chi connectivity index (χ2v) is 5.55. The van der Waals surface area contributed by atoms with E-state index >= 15 is 0 Å². The Morgan fingerprint density at radius 1 is 1.29 bits per heavy atom. The highest BCUT2D eigenvalue weighted by atomic mass is 16.5. The Labute approximate surface area is 124 Å². The molecule has 0 atom stereocenters. The largest absolute Gasteiger partial charge is 0.468 e. The fourth-order valence-electron chi connectivity index (χ4n) is 2.00. The van der Waals surface area contributed by atoms with Crippen LogP contribution in [0.25, 0.3) is 17.0 Å². The molecule has 0 fully saturated rings. The lowest BCUT2D eigenvalue weighted by molar-refractivity contribution is -0.148. The lowest BCUT2D eigenvalue weighted by Gasteiger charge is -2.16. The van der Waals surface area contributed by atoms with Gasteiger partial charge in [-0.1, -0.05) is 13.0 Å². The van der Waals surface area contributed by atoms with Gasteiger partial charge in [-0.2, -0.15) is 0 Å². The van der Waals surface area contributed by atoms with E-state index in [2.05, 4.69) is 23.0 Å². The van der Waals surface area contributed by atoms with Gasteiger partial charge in [-0.3, -0.25) is 14.8 Å². The first kappa shape index (κ1) is 15.2. The van der Waals surface area contributed by atoms with Crippen LogP contribution < -0.4 is 0 Å². The molecule has 4 nitrogen and oxygen atoms in total. The Bertz CT molecular complexity index is 690. The highest BCUT2D eigenvalue weighted by Gasteiger charge is 2.25. The minimum absolute atomic E-state index is 0.269. The highest BCUT2D eigenvalue weighted by molar-refractivity contribution is 5.81. The molecule has 0 N–H and O–H groups in total. The molecule has 0 spiro atoms. The van der Waals surface area contributed by atoms with Gasteiger partial charge in [0.05, 0.1) is 29.9 Å². The molecule has 2 rings (SSSR count). The number of carbonyl (C=O) groups excluding carboxylic acids is 1. The molecule has 0 bridgehead atoms. The van der Waals surface area contributed by atoms with E-state index in [1.807, 2.05) is 38.3 Å². The molecule has 0 saturated heterocycles. The Hall–Kier alpha value is -2.23. The summed E-state index contributed by atoms with van der Waals surface area (Å²) in [6.45, 7) is 5.73. The van der Waals surface area contributed by atoms with Gasteiger partial charge in [-0.15, -0.1) is 0 Å². The zero-order valence-corrected chi connectivity index (χ0v) is 12.9. The molecule has 2 aromatic heterocycles. The number of aromatic nitrogens is 2. The third-order valence-corrected chi connectivity index (χ3v) is 3.44. The SMILES string of the molecule is CCc1cnc2cnc(/C=C/C(C)(C)C(=O)OC)cc2c1. The monoisotopic (exact) mass is 284 g/mol. The maximum absolute atomic E-state index is 11.6. The van der Waals surface area contributed by atoms with Crippen molar-refractivity contribution in [2.75, 3.05) is 7.11 Å². The van der Waals surface area contributed by atoms with Crippen LogP contribution in [0.2, 0.25) is 0 Å². The number of aryl methyl sites for hydroxylation is 1.